The Kier molecular flexibility index (Phi) is 6.45. The summed E-state index contributed by atoms with van der Waals surface area (Å²) >= 11 is 15.3. The van der Waals surface area contributed by atoms with Gasteiger partial charge in [-0.1, -0.05) is 51.3 Å². The second-order valence-corrected chi connectivity index (χ2v) is 8.66. The van der Waals surface area contributed by atoms with E-state index in [4.69, 9.17) is 27.9 Å². The molecule has 0 aliphatic carbocycles. The number of fused-ring (bicyclic) bond motifs is 1. The molecule has 10 heteroatoms. The van der Waals surface area contributed by atoms with Crippen LogP contribution in [0.5, 0.6) is 11.5 Å². The molecular weight excluding hydrogens is 521 g/mol. The van der Waals surface area contributed by atoms with E-state index < -0.39 is 18.0 Å². The molecule has 3 aromatic carbocycles. The highest BCUT2D eigenvalue weighted by molar-refractivity contribution is 9.10. The third kappa shape index (κ3) is 4.77. The summed E-state index contributed by atoms with van der Waals surface area (Å²) in [6, 6.07) is 16.2. The summed E-state index contributed by atoms with van der Waals surface area (Å²) in [7, 11) is 0. The Morgan fingerprint density at radius 2 is 1.88 bits per heavy atom. The summed E-state index contributed by atoms with van der Waals surface area (Å²) in [5.74, 6) is -0.591. The van der Waals surface area contributed by atoms with Gasteiger partial charge in [0.15, 0.2) is 6.61 Å². The molecular formula is C22H16BrCl2N3O4. The van der Waals surface area contributed by atoms with Crippen molar-refractivity contribution in [2.45, 2.75) is 6.17 Å². The van der Waals surface area contributed by atoms with Gasteiger partial charge >= 0.3 is 0 Å². The molecule has 1 aliphatic heterocycles. The monoisotopic (exact) mass is 535 g/mol. The van der Waals surface area contributed by atoms with Crippen molar-refractivity contribution in [3.05, 3.63) is 86.3 Å². The zero-order valence-corrected chi connectivity index (χ0v) is 19.4. The highest BCUT2D eigenvalue weighted by Gasteiger charge is 2.34. The number of anilines is 1. The van der Waals surface area contributed by atoms with E-state index in [1.807, 2.05) is 6.07 Å². The zero-order chi connectivity index (χ0) is 22.8. The van der Waals surface area contributed by atoms with Crippen molar-refractivity contribution in [1.82, 2.24) is 10.4 Å². The molecule has 2 amide bonds. The van der Waals surface area contributed by atoms with E-state index >= 15 is 0 Å². The van der Waals surface area contributed by atoms with Gasteiger partial charge in [0.05, 0.1) is 10.6 Å². The maximum absolute atomic E-state index is 13.2. The Morgan fingerprint density at radius 3 is 2.59 bits per heavy atom. The normalized spacial score (nSPS) is 15.0. The summed E-state index contributed by atoms with van der Waals surface area (Å²) in [5.41, 5.74) is 4.26. The number of aromatic hydroxyl groups is 1. The molecule has 4 rings (SSSR count). The molecule has 1 heterocycles. The van der Waals surface area contributed by atoms with Gasteiger partial charge in [-0.3, -0.25) is 15.0 Å². The summed E-state index contributed by atoms with van der Waals surface area (Å²) in [5, 5.41) is 14.8. The van der Waals surface area contributed by atoms with Crippen LogP contribution in [0.25, 0.3) is 0 Å². The molecule has 1 unspecified atom stereocenters. The molecule has 1 aliphatic rings. The van der Waals surface area contributed by atoms with Gasteiger partial charge in [-0.25, -0.2) is 5.01 Å². The third-order valence-corrected chi connectivity index (χ3v) is 5.71. The van der Waals surface area contributed by atoms with Crippen molar-refractivity contribution < 1.29 is 19.4 Å². The van der Waals surface area contributed by atoms with Crippen molar-refractivity contribution in [3.63, 3.8) is 0 Å². The number of carbonyl (C=O) groups is 2. The number of phenols is 1. The van der Waals surface area contributed by atoms with Gasteiger partial charge in [0, 0.05) is 15.2 Å². The van der Waals surface area contributed by atoms with E-state index in [0.29, 0.717) is 27.6 Å². The number of hydrogen-bond donors (Lipinski definition) is 3. The second kappa shape index (κ2) is 9.28. The highest BCUT2D eigenvalue weighted by atomic mass is 79.9. The molecule has 0 aromatic heterocycles. The summed E-state index contributed by atoms with van der Waals surface area (Å²) in [6.07, 6.45) is -0.708. The predicted molar refractivity (Wildman–Crippen MR) is 125 cm³/mol. The smallest absolute Gasteiger partial charge is 0.276 e. The maximum atomic E-state index is 13.2. The van der Waals surface area contributed by atoms with Gasteiger partial charge in [-0.05, 0) is 54.1 Å². The molecule has 32 heavy (non-hydrogen) atoms. The van der Waals surface area contributed by atoms with Crippen LogP contribution in [-0.2, 0) is 4.79 Å². The Labute approximate surface area is 202 Å². The fourth-order valence-electron chi connectivity index (χ4n) is 3.18. The van der Waals surface area contributed by atoms with E-state index in [1.165, 1.54) is 23.2 Å². The van der Waals surface area contributed by atoms with E-state index in [2.05, 4.69) is 26.7 Å². The van der Waals surface area contributed by atoms with Gasteiger partial charge in [-0.2, -0.15) is 0 Å². The molecule has 7 nitrogen and oxygen atoms in total. The van der Waals surface area contributed by atoms with Gasteiger partial charge in [0.2, 0.25) is 0 Å². The Bertz CT molecular complexity index is 1190. The maximum Gasteiger partial charge on any atom is 0.276 e. The number of benzene rings is 3. The van der Waals surface area contributed by atoms with Gasteiger partial charge in [-0.15, -0.1) is 0 Å². The van der Waals surface area contributed by atoms with Crippen molar-refractivity contribution >= 4 is 56.6 Å². The quantitative estimate of drug-likeness (QED) is 0.420. The molecule has 0 radical (unpaired) electrons. The van der Waals surface area contributed by atoms with E-state index in [1.54, 1.807) is 36.4 Å². The van der Waals surface area contributed by atoms with Crippen LogP contribution in [-0.4, -0.2) is 28.5 Å². The van der Waals surface area contributed by atoms with Crippen LogP contribution in [0.4, 0.5) is 5.69 Å². The lowest BCUT2D eigenvalue weighted by Crippen LogP contribution is -2.53. The van der Waals surface area contributed by atoms with Gasteiger partial charge in [0.25, 0.3) is 11.8 Å². The molecule has 0 saturated carbocycles. The average molecular weight is 537 g/mol. The minimum atomic E-state index is -0.708. The molecule has 3 aromatic rings. The summed E-state index contributed by atoms with van der Waals surface area (Å²) in [4.78, 5) is 25.9. The molecule has 0 spiro atoms. The van der Waals surface area contributed by atoms with Gasteiger partial charge < -0.3 is 15.2 Å². The molecule has 3 N–H and O–H groups in total. The van der Waals surface area contributed by atoms with E-state index in [-0.39, 0.29) is 17.4 Å². The number of hydrogen-bond acceptors (Lipinski definition) is 5. The van der Waals surface area contributed by atoms with Crippen LogP contribution < -0.4 is 15.5 Å². The summed E-state index contributed by atoms with van der Waals surface area (Å²) in [6.45, 7) is -0.376. The zero-order valence-electron chi connectivity index (χ0n) is 16.3. The first kappa shape index (κ1) is 22.3. The molecule has 0 bridgehead atoms. The minimum absolute atomic E-state index is 0.0871. The third-order valence-electron chi connectivity index (χ3n) is 4.69. The van der Waals surface area contributed by atoms with Crippen LogP contribution in [0, 0.1) is 0 Å². The minimum Gasteiger partial charge on any atom is -0.508 e. The van der Waals surface area contributed by atoms with Crippen molar-refractivity contribution in [3.8, 4) is 11.5 Å². The Morgan fingerprint density at radius 1 is 1.12 bits per heavy atom. The van der Waals surface area contributed by atoms with Crippen molar-refractivity contribution in [2.75, 3.05) is 11.9 Å². The fourth-order valence-corrected chi connectivity index (χ4v) is 4.01. The molecule has 164 valence electrons. The fraction of sp³-hybridized carbons (Fsp3) is 0.0909. The topological polar surface area (TPSA) is 90.9 Å². The molecule has 1 atom stereocenters. The largest absolute Gasteiger partial charge is 0.508 e. The number of amides is 2. The van der Waals surface area contributed by atoms with E-state index in [0.717, 1.165) is 4.47 Å². The predicted octanol–water partition coefficient (Wildman–Crippen LogP) is 5.14. The molecule has 0 saturated heterocycles. The van der Waals surface area contributed by atoms with Crippen molar-refractivity contribution in [2.24, 2.45) is 0 Å². The van der Waals surface area contributed by atoms with E-state index in [9.17, 15) is 14.7 Å². The number of carbonyl (C=O) groups excluding carboxylic acids is 2. The summed E-state index contributed by atoms with van der Waals surface area (Å²) < 4.78 is 6.20. The number of hydrazine groups is 1. The SMILES string of the molecule is O=C(COc1ccc(Cl)cc1Cl)NN1C(=O)c2cc(Br)ccc2NC1c1ccc(O)cc1. The Hall–Kier alpha value is -2.94. The first-order valence-corrected chi connectivity index (χ1v) is 10.9. The van der Waals surface area contributed by atoms with Crippen LogP contribution >= 0.6 is 39.1 Å². The number of halogens is 3. The second-order valence-electron chi connectivity index (χ2n) is 6.90. The standard InChI is InChI=1S/C22H16BrCl2N3O4/c23-13-3-7-18-16(9-13)22(31)28(21(26-18)12-1-5-15(29)6-2-12)27-20(30)11-32-19-8-4-14(24)10-17(19)25/h1-10,21,26,29H,11H2,(H,27,30). The van der Waals surface area contributed by atoms with Crippen LogP contribution in [0.1, 0.15) is 22.1 Å². The first-order chi connectivity index (χ1) is 15.3. The number of ether oxygens (including phenoxy) is 1. The number of nitrogens with zero attached hydrogens (tertiary/aromatic N) is 1. The van der Waals surface area contributed by atoms with Gasteiger partial charge in [0.1, 0.15) is 17.7 Å². The highest BCUT2D eigenvalue weighted by Crippen LogP contribution is 2.34. The Balaban J connectivity index is 1.57. The van der Waals surface area contributed by atoms with Crippen LogP contribution in [0.2, 0.25) is 10.0 Å². The average Bonchev–Trinajstić information content (AvgIpc) is 2.76. The number of nitrogens with one attached hydrogen (secondary N) is 2. The van der Waals surface area contributed by atoms with Crippen LogP contribution in [0.3, 0.4) is 0 Å². The molecule has 0 fully saturated rings. The lowest BCUT2D eigenvalue weighted by molar-refractivity contribution is -0.127. The number of rotatable bonds is 5. The number of phenolic OH excluding ortho intramolecular Hbond substituents is 1. The first-order valence-electron chi connectivity index (χ1n) is 9.38. The van der Waals surface area contributed by atoms with Crippen LogP contribution in [0.15, 0.2) is 65.1 Å². The lowest BCUT2D eigenvalue weighted by atomic mass is 10.0. The van der Waals surface area contributed by atoms with Crippen molar-refractivity contribution in [1.29, 1.82) is 0 Å². The lowest BCUT2D eigenvalue weighted by Gasteiger charge is -2.37.